The molecule has 1 fully saturated rings. The van der Waals surface area contributed by atoms with Crippen LogP contribution in [-0.2, 0) is 9.59 Å². The summed E-state index contributed by atoms with van der Waals surface area (Å²) in [5.74, 6) is -1.13. The highest BCUT2D eigenvalue weighted by Gasteiger charge is 2.36. The van der Waals surface area contributed by atoms with E-state index in [9.17, 15) is 19.5 Å². The molecular weight excluding hydrogens is 370 g/mol. The predicted molar refractivity (Wildman–Crippen MR) is 108 cm³/mol. The van der Waals surface area contributed by atoms with Crippen LogP contribution in [0.1, 0.15) is 35.3 Å². The Morgan fingerprint density at radius 3 is 2.45 bits per heavy atom. The van der Waals surface area contributed by atoms with Gasteiger partial charge in [0, 0.05) is 26.1 Å². The molecule has 0 aromatic heterocycles. The van der Waals surface area contributed by atoms with E-state index in [0.29, 0.717) is 6.54 Å². The Hall–Kier alpha value is -3.35. The summed E-state index contributed by atoms with van der Waals surface area (Å²) < 4.78 is 0. The molecule has 1 heterocycles. The minimum Gasteiger partial charge on any atom is -0.507 e. The molecule has 1 aliphatic rings. The molecule has 2 unspecified atom stereocenters. The number of rotatable bonds is 7. The number of nitrogens with one attached hydrogen (secondary N) is 2. The topological polar surface area (TPSA) is 98.7 Å². The van der Waals surface area contributed by atoms with E-state index in [1.165, 1.54) is 12.1 Å². The van der Waals surface area contributed by atoms with Gasteiger partial charge < -0.3 is 20.6 Å². The van der Waals surface area contributed by atoms with E-state index >= 15 is 0 Å². The first-order valence-electron chi connectivity index (χ1n) is 9.65. The number of hydrogen-bond donors (Lipinski definition) is 3. The number of carbonyl (C=O) groups is 3. The molecule has 1 saturated heterocycles. The number of hydrogen-bond acceptors (Lipinski definition) is 4. The molecule has 152 valence electrons. The van der Waals surface area contributed by atoms with E-state index in [4.69, 9.17) is 0 Å². The van der Waals surface area contributed by atoms with E-state index < -0.39 is 11.8 Å². The Balaban J connectivity index is 1.45. The fraction of sp³-hybridized carbons (Fsp3) is 0.318. The van der Waals surface area contributed by atoms with Crippen LogP contribution >= 0.6 is 0 Å². The van der Waals surface area contributed by atoms with Gasteiger partial charge in [0.05, 0.1) is 17.5 Å². The van der Waals surface area contributed by atoms with Crippen molar-refractivity contribution in [1.82, 2.24) is 15.5 Å². The minimum absolute atomic E-state index is 0.0330. The average Bonchev–Trinajstić information content (AvgIpc) is 3.13. The second-order valence-electron chi connectivity index (χ2n) is 7.10. The van der Waals surface area contributed by atoms with Gasteiger partial charge in [0.15, 0.2) is 0 Å². The smallest absolute Gasteiger partial charge is 0.255 e. The third-order valence-electron chi connectivity index (χ3n) is 5.14. The lowest BCUT2D eigenvalue weighted by Gasteiger charge is -2.25. The third-order valence-corrected chi connectivity index (χ3v) is 5.14. The summed E-state index contributed by atoms with van der Waals surface area (Å²) in [5, 5.41) is 15.1. The number of phenolic OH excluding ortho intramolecular Hbond substituents is 1. The Kier molecular flexibility index (Phi) is 6.49. The summed E-state index contributed by atoms with van der Waals surface area (Å²) in [5.41, 5.74) is 1.22. The maximum absolute atomic E-state index is 12.4. The highest BCUT2D eigenvalue weighted by molar-refractivity contribution is 5.96. The molecule has 0 aliphatic carbocycles. The lowest BCUT2D eigenvalue weighted by molar-refractivity contribution is -0.130. The molecule has 0 radical (unpaired) electrons. The summed E-state index contributed by atoms with van der Waals surface area (Å²) in [6, 6.07) is 15.9. The Morgan fingerprint density at radius 1 is 1.07 bits per heavy atom. The number of likely N-dealkylation sites (tertiary alicyclic amines) is 1. The van der Waals surface area contributed by atoms with Gasteiger partial charge in [-0.3, -0.25) is 14.4 Å². The first-order valence-corrected chi connectivity index (χ1v) is 9.65. The van der Waals surface area contributed by atoms with Crippen molar-refractivity contribution < 1.29 is 19.5 Å². The highest BCUT2D eigenvalue weighted by Crippen LogP contribution is 2.28. The molecule has 3 rings (SSSR count). The molecule has 2 aromatic rings. The van der Waals surface area contributed by atoms with E-state index in [0.717, 1.165) is 5.56 Å². The largest absolute Gasteiger partial charge is 0.507 e. The highest BCUT2D eigenvalue weighted by atomic mass is 16.3. The van der Waals surface area contributed by atoms with Crippen molar-refractivity contribution in [3.05, 3.63) is 65.7 Å². The second kappa shape index (κ2) is 9.23. The lowest BCUT2D eigenvalue weighted by Crippen LogP contribution is -2.38. The van der Waals surface area contributed by atoms with Crippen molar-refractivity contribution in [3.63, 3.8) is 0 Å². The number of phenols is 1. The molecule has 2 aromatic carbocycles. The van der Waals surface area contributed by atoms with Gasteiger partial charge in [-0.15, -0.1) is 0 Å². The van der Waals surface area contributed by atoms with Crippen LogP contribution in [0.4, 0.5) is 0 Å². The van der Waals surface area contributed by atoms with Crippen LogP contribution in [0.15, 0.2) is 54.6 Å². The zero-order chi connectivity index (χ0) is 20.8. The first kappa shape index (κ1) is 20.4. The molecule has 7 nitrogen and oxygen atoms in total. The van der Waals surface area contributed by atoms with Crippen molar-refractivity contribution in [1.29, 1.82) is 0 Å². The molecule has 29 heavy (non-hydrogen) atoms. The number of nitrogens with zero attached hydrogens (tertiary/aromatic N) is 1. The summed E-state index contributed by atoms with van der Waals surface area (Å²) in [7, 11) is 0. The number of carbonyl (C=O) groups excluding carboxylic acids is 3. The maximum Gasteiger partial charge on any atom is 0.255 e. The van der Waals surface area contributed by atoms with Gasteiger partial charge in [-0.1, -0.05) is 42.5 Å². The van der Waals surface area contributed by atoms with Crippen LogP contribution in [0.2, 0.25) is 0 Å². The van der Waals surface area contributed by atoms with Crippen molar-refractivity contribution >= 4 is 17.7 Å². The fourth-order valence-corrected chi connectivity index (χ4v) is 3.46. The van der Waals surface area contributed by atoms with Gasteiger partial charge in [0.1, 0.15) is 5.75 Å². The summed E-state index contributed by atoms with van der Waals surface area (Å²) in [4.78, 5) is 38.6. The number of benzene rings is 2. The summed E-state index contributed by atoms with van der Waals surface area (Å²) in [6.07, 6.45) is 0.188. The summed E-state index contributed by atoms with van der Waals surface area (Å²) >= 11 is 0. The van der Waals surface area contributed by atoms with Gasteiger partial charge in [-0.2, -0.15) is 0 Å². The van der Waals surface area contributed by atoms with E-state index in [2.05, 4.69) is 10.6 Å². The minimum atomic E-state index is -0.406. The Bertz CT molecular complexity index is 885. The predicted octanol–water partition coefficient (Wildman–Crippen LogP) is 1.85. The van der Waals surface area contributed by atoms with Gasteiger partial charge in [-0.05, 0) is 24.6 Å². The fourth-order valence-electron chi connectivity index (χ4n) is 3.46. The van der Waals surface area contributed by atoms with Crippen LogP contribution in [0.3, 0.4) is 0 Å². The molecule has 3 amide bonds. The van der Waals surface area contributed by atoms with Gasteiger partial charge >= 0.3 is 0 Å². The van der Waals surface area contributed by atoms with Crippen LogP contribution < -0.4 is 10.6 Å². The van der Waals surface area contributed by atoms with Crippen molar-refractivity contribution in [2.45, 2.75) is 19.4 Å². The zero-order valence-corrected chi connectivity index (χ0v) is 16.3. The van der Waals surface area contributed by atoms with E-state index in [1.54, 1.807) is 17.0 Å². The van der Waals surface area contributed by atoms with Crippen LogP contribution in [0.25, 0.3) is 0 Å². The van der Waals surface area contributed by atoms with Crippen molar-refractivity contribution in [3.8, 4) is 5.75 Å². The average molecular weight is 395 g/mol. The molecule has 2 atom stereocenters. The van der Waals surface area contributed by atoms with Crippen molar-refractivity contribution in [2.24, 2.45) is 5.92 Å². The second-order valence-corrected chi connectivity index (χ2v) is 7.10. The van der Waals surface area contributed by atoms with E-state index in [1.807, 2.05) is 37.3 Å². The first-order chi connectivity index (χ1) is 14.0. The van der Waals surface area contributed by atoms with Crippen molar-refractivity contribution in [2.75, 3.05) is 19.6 Å². The molecule has 0 spiro atoms. The van der Waals surface area contributed by atoms with Crippen LogP contribution in [0, 0.1) is 5.92 Å². The lowest BCUT2D eigenvalue weighted by atomic mass is 10.1. The molecule has 0 saturated carbocycles. The Labute approximate surface area is 169 Å². The quantitative estimate of drug-likeness (QED) is 0.623. The molecular formula is C22H25N3O4. The van der Waals surface area contributed by atoms with Crippen LogP contribution in [-0.4, -0.2) is 47.4 Å². The third kappa shape index (κ3) is 4.93. The maximum atomic E-state index is 12.4. The molecule has 0 bridgehead atoms. The Morgan fingerprint density at radius 2 is 1.72 bits per heavy atom. The van der Waals surface area contributed by atoms with Gasteiger partial charge in [0.2, 0.25) is 11.8 Å². The number of aromatic hydroxyl groups is 1. The molecule has 7 heteroatoms. The molecule has 3 N–H and O–H groups in total. The van der Waals surface area contributed by atoms with Crippen LogP contribution in [0.5, 0.6) is 5.75 Å². The van der Waals surface area contributed by atoms with Gasteiger partial charge in [-0.25, -0.2) is 0 Å². The van der Waals surface area contributed by atoms with E-state index in [-0.39, 0.29) is 48.7 Å². The zero-order valence-electron chi connectivity index (χ0n) is 16.3. The van der Waals surface area contributed by atoms with Gasteiger partial charge in [0.25, 0.3) is 5.91 Å². The normalized spacial score (nSPS) is 17.1. The number of amides is 3. The SMILES string of the molecule is CC(c1ccccc1)N1CC(C(=O)NCCNC(=O)c2ccccc2O)CC1=O. The molecule has 1 aliphatic heterocycles. The monoisotopic (exact) mass is 395 g/mol. The number of para-hydroxylation sites is 1. The standard InChI is InChI=1S/C22H25N3O4/c1-15(16-7-3-2-4-8-16)25-14-17(13-20(25)27)21(28)23-11-12-24-22(29)18-9-5-6-10-19(18)26/h2-10,15,17,26H,11-14H2,1H3,(H,23,28)(H,24,29). The summed E-state index contributed by atoms with van der Waals surface area (Å²) in [6.45, 7) is 2.81.